The topological polar surface area (TPSA) is 38.0 Å². The molecule has 0 aliphatic carbocycles. The summed E-state index contributed by atoms with van der Waals surface area (Å²) in [5.74, 6) is 0. The summed E-state index contributed by atoms with van der Waals surface area (Å²) in [6, 6.07) is 8.11. The van der Waals surface area contributed by atoms with Crippen molar-refractivity contribution in [2.24, 2.45) is 0 Å². The van der Waals surface area contributed by atoms with Gasteiger partial charge in [-0.15, -0.1) is 0 Å². The van der Waals surface area contributed by atoms with Gasteiger partial charge in [-0.25, -0.2) is 4.68 Å². The number of hydrogen-bond acceptors (Lipinski definition) is 2. The fourth-order valence-corrected chi connectivity index (χ4v) is 2.39. The summed E-state index contributed by atoms with van der Waals surface area (Å²) in [6.45, 7) is 4.33. The van der Waals surface area contributed by atoms with Gasteiger partial charge in [0.1, 0.15) is 0 Å². The van der Waals surface area contributed by atoms with Gasteiger partial charge in [-0.2, -0.15) is 5.10 Å². The fourth-order valence-electron chi connectivity index (χ4n) is 2.13. The molecule has 3 nitrogen and oxygen atoms in total. The van der Waals surface area contributed by atoms with Gasteiger partial charge in [0.05, 0.1) is 11.4 Å². The molecule has 0 spiro atoms. The lowest BCUT2D eigenvalue weighted by molar-refractivity contribution is 0.288. The van der Waals surface area contributed by atoms with E-state index in [0.29, 0.717) is 0 Å². The Hall–Kier alpha value is -1.13. The number of rotatable bonds is 4. The maximum atomic E-state index is 8.93. The van der Waals surface area contributed by atoms with Crippen LogP contribution in [-0.4, -0.2) is 21.5 Å². The Bertz CT molecular complexity index is 531. The predicted octanol–water partition coefficient (Wildman–Crippen LogP) is 3.18. The van der Waals surface area contributed by atoms with Crippen LogP contribution in [0.3, 0.4) is 0 Å². The van der Waals surface area contributed by atoms with Crippen molar-refractivity contribution in [1.82, 2.24) is 9.78 Å². The van der Waals surface area contributed by atoms with Crippen LogP contribution in [0.1, 0.15) is 23.4 Å². The number of aliphatic hydroxyl groups is 1. The lowest BCUT2D eigenvalue weighted by Gasteiger charge is -2.05. The molecule has 0 unspecified atom stereocenters. The highest BCUT2D eigenvalue weighted by Crippen LogP contribution is 2.20. The average Bonchev–Trinajstić information content (AvgIpc) is 2.64. The SMILES string of the molecule is Cc1nn(-c2ccc(Br)cc2)c(C)c1CCCO. The van der Waals surface area contributed by atoms with Gasteiger partial charge >= 0.3 is 0 Å². The van der Waals surface area contributed by atoms with E-state index in [1.807, 2.05) is 35.9 Å². The number of hydrogen-bond donors (Lipinski definition) is 1. The highest BCUT2D eigenvalue weighted by atomic mass is 79.9. The molecule has 1 aromatic heterocycles. The number of aromatic nitrogens is 2. The first-order valence-electron chi connectivity index (χ1n) is 6.05. The van der Waals surface area contributed by atoms with Crippen molar-refractivity contribution in [3.8, 4) is 5.69 Å². The molecule has 0 aliphatic rings. The molecule has 0 bridgehead atoms. The summed E-state index contributed by atoms with van der Waals surface area (Å²) in [6.07, 6.45) is 1.67. The molecule has 1 aromatic carbocycles. The Morgan fingerprint density at radius 1 is 1.22 bits per heavy atom. The third-order valence-electron chi connectivity index (χ3n) is 3.10. The first-order chi connectivity index (χ1) is 8.63. The maximum Gasteiger partial charge on any atom is 0.0649 e. The Morgan fingerprint density at radius 2 is 1.89 bits per heavy atom. The first kappa shape index (κ1) is 13.3. The van der Waals surface area contributed by atoms with E-state index in [2.05, 4.69) is 28.0 Å². The van der Waals surface area contributed by atoms with Crippen molar-refractivity contribution in [3.63, 3.8) is 0 Å². The molecule has 96 valence electrons. The third-order valence-corrected chi connectivity index (χ3v) is 3.63. The Balaban J connectivity index is 2.37. The molecule has 2 rings (SSSR count). The molecular weight excluding hydrogens is 292 g/mol. The minimum absolute atomic E-state index is 0.225. The summed E-state index contributed by atoms with van der Waals surface area (Å²) in [5, 5.41) is 13.5. The largest absolute Gasteiger partial charge is 0.396 e. The van der Waals surface area contributed by atoms with Gasteiger partial charge in [-0.3, -0.25) is 0 Å². The van der Waals surface area contributed by atoms with Crippen LogP contribution in [0.2, 0.25) is 0 Å². The van der Waals surface area contributed by atoms with Crippen molar-refractivity contribution in [1.29, 1.82) is 0 Å². The van der Waals surface area contributed by atoms with Gasteiger partial charge in [-0.05, 0) is 56.5 Å². The second-order valence-electron chi connectivity index (χ2n) is 4.36. The molecule has 4 heteroatoms. The van der Waals surface area contributed by atoms with E-state index in [1.54, 1.807) is 0 Å². The molecule has 2 aromatic rings. The van der Waals surface area contributed by atoms with Crippen LogP contribution in [0.15, 0.2) is 28.7 Å². The maximum absolute atomic E-state index is 8.93. The second-order valence-corrected chi connectivity index (χ2v) is 5.28. The minimum atomic E-state index is 0.225. The van der Waals surface area contributed by atoms with Crippen LogP contribution in [-0.2, 0) is 6.42 Å². The molecule has 1 N–H and O–H groups in total. The minimum Gasteiger partial charge on any atom is -0.396 e. The number of benzene rings is 1. The first-order valence-corrected chi connectivity index (χ1v) is 6.84. The van der Waals surface area contributed by atoms with Crippen LogP contribution >= 0.6 is 15.9 Å². The van der Waals surface area contributed by atoms with E-state index in [4.69, 9.17) is 5.11 Å². The second kappa shape index (κ2) is 5.67. The van der Waals surface area contributed by atoms with Gasteiger partial charge in [0, 0.05) is 16.8 Å². The van der Waals surface area contributed by atoms with Crippen molar-refractivity contribution in [3.05, 3.63) is 45.7 Å². The zero-order chi connectivity index (χ0) is 13.1. The normalized spacial score (nSPS) is 10.9. The predicted molar refractivity (Wildman–Crippen MR) is 76.1 cm³/mol. The van der Waals surface area contributed by atoms with Crippen molar-refractivity contribution in [2.45, 2.75) is 26.7 Å². The molecular formula is C14H17BrN2O. The summed E-state index contributed by atoms with van der Waals surface area (Å²) < 4.78 is 3.03. The molecule has 18 heavy (non-hydrogen) atoms. The third kappa shape index (κ3) is 2.65. The molecule has 0 atom stereocenters. The van der Waals surface area contributed by atoms with E-state index in [9.17, 15) is 0 Å². The number of aryl methyl sites for hydroxylation is 1. The summed E-state index contributed by atoms with van der Waals surface area (Å²) in [4.78, 5) is 0. The van der Waals surface area contributed by atoms with E-state index >= 15 is 0 Å². The van der Waals surface area contributed by atoms with E-state index < -0.39 is 0 Å². The van der Waals surface area contributed by atoms with E-state index in [0.717, 1.165) is 34.4 Å². The molecule has 1 heterocycles. The zero-order valence-corrected chi connectivity index (χ0v) is 12.2. The van der Waals surface area contributed by atoms with Gasteiger partial charge in [0.2, 0.25) is 0 Å². The lowest BCUT2D eigenvalue weighted by atomic mass is 10.1. The average molecular weight is 309 g/mol. The summed E-state index contributed by atoms with van der Waals surface area (Å²) >= 11 is 3.43. The Morgan fingerprint density at radius 3 is 2.50 bits per heavy atom. The fraction of sp³-hybridized carbons (Fsp3) is 0.357. The zero-order valence-electron chi connectivity index (χ0n) is 10.7. The van der Waals surface area contributed by atoms with Crippen LogP contribution in [0.25, 0.3) is 5.69 Å². The lowest BCUT2D eigenvalue weighted by Crippen LogP contribution is -1.99. The van der Waals surface area contributed by atoms with Gasteiger partial charge in [0.15, 0.2) is 0 Å². The molecule has 0 fully saturated rings. The Kier molecular flexibility index (Phi) is 4.19. The van der Waals surface area contributed by atoms with Crippen LogP contribution < -0.4 is 0 Å². The van der Waals surface area contributed by atoms with Gasteiger partial charge in [0.25, 0.3) is 0 Å². The monoisotopic (exact) mass is 308 g/mol. The van der Waals surface area contributed by atoms with Crippen molar-refractivity contribution < 1.29 is 5.11 Å². The van der Waals surface area contributed by atoms with Crippen LogP contribution in [0.4, 0.5) is 0 Å². The highest BCUT2D eigenvalue weighted by molar-refractivity contribution is 9.10. The highest BCUT2D eigenvalue weighted by Gasteiger charge is 2.12. The van der Waals surface area contributed by atoms with Gasteiger partial charge in [-0.1, -0.05) is 15.9 Å². The quantitative estimate of drug-likeness (QED) is 0.942. The Labute approximate surface area is 116 Å². The number of aliphatic hydroxyl groups excluding tert-OH is 1. The van der Waals surface area contributed by atoms with Crippen molar-refractivity contribution in [2.75, 3.05) is 6.61 Å². The summed E-state index contributed by atoms with van der Waals surface area (Å²) in [5.41, 5.74) is 4.51. The van der Waals surface area contributed by atoms with E-state index in [1.165, 1.54) is 5.56 Å². The molecule has 0 saturated carbocycles. The van der Waals surface area contributed by atoms with Crippen molar-refractivity contribution >= 4 is 15.9 Å². The van der Waals surface area contributed by atoms with Crippen LogP contribution in [0, 0.1) is 13.8 Å². The molecule has 0 radical (unpaired) electrons. The smallest absolute Gasteiger partial charge is 0.0649 e. The molecule has 0 aliphatic heterocycles. The van der Waals surface area contributed by atoms with Gasteiger partial charge < -0.3 is 5.11 Å². The molecule has 0 amide bonds. The summed E-state index contributed by atoms with van der Waals surface area (Å²) in [7, 11) is 0. The number of halogens is 1. The standard InChI is InChI=1S/C14H17BrN2O/c1-10-14(4-3-9-18)11(2)17(16-10)13-7-5-12(15)6-8-13/h5-8,18H,3-4,9H2,1-2H3. The number of nitrogens with zero attached hydrogens (tertiary/aromatic N) is 2. The van der Waals surface area contributed by atoms with Crippen LogP contribution in [0.5, 0.6) is 0 Å². The molecule has 0 saturated heterocycles. The van der Waals surface area contributed by atoms with E-state index in [-0.39, 0.29) is 6.61 Å².